The lowest BCUT2D eigenvalue weighted by atomic mass is 9.95. The Hall–Kier alpha value is -3.77. The van der Waals surface area contributed by atoms with Gasteiger partial charge < -0.3 is 31.4 Å². The molecule has 7 heteroatoms. The fourth-order valence-corrected chi connectivity index (χ4v) is 4.55. The van der Waals surface area contributed by atoms with Crippen LogP contribution in [-0.4, -0.2) is 27.3 Å². The molecule has 0 fully saturated rings. The normalized spacial score (nSPS) is 11.7. The Kier molecular flexibility index (Phi) is 6.85. The van der Waals surface area contributed by atoms with Gasteiger partial charge in [-0.05, 0) is 53.8 Å². The summed E-state index contributed by atoms with van der Waals surface area (Å²) in [7, 11) is 4.87. The number of esters is 1. The molecule has 180 valence electrons. The van der Waals surface area contributed by atoms with Crippen molar-refractivity contribution in [3.63, 3.8) is 0 Å². The molecule has 0 bridgehead atoms. The summed E-state index contributed by atoms with van der Waals surface area (Å²) in [6.45, 7) is 2.68. The van der Waals surface area contributed by atoms with Gasteiger partial charge in [-0.15, -0.1) is 0 Å². The Bertz CT molecular complexity index is 1430. The lowest BCUT2D eigenvalue weighted by Crippen LogP contribution is -3.00. The van der Waals surface area contributed by atoms with Crippen molar-refractivity contribution in [3.8, 4) is 34.3 Å². The van der Waals surface area contributed by atoms with Crippen molar-refractivity contribution in [3.05, 3.63) is 77.5 Å². The Morgan fingerprint density at radius 1 is 0.886 bits per heavy atom. The summed E-state index contributed by atoms with van der Waals surface area (Å²) in [5.41, 5.74) is 4.76. The number of hydrogen-bond acceptors (Lipinski definition) is 5. The minimum absolute atomic E-state index is 0. The van der Waals surface area contributed by atoms with Gasteiger partial charge in [0, 0.05) is 12.5 Å². The molecule has 35 heavy (non-hydrogen) atoms. The van der Waals surface area contributed by atoms with Gasteiger partial charge >= 0.3 is 5.97 Å². The van der Waals surface area contributed by atoms with Crippen molar-refractivity contribution in [1.82, 2.24) is 0 Å². The van der Waals surface area contributed by atoms with Crippen LogP contribution in [0.1, 0.15) is 21.5 Å². The lowest BCUT2D eigenvalue weighted by Gasteiger charge is -2.19. The van der Waals surface area contributed by atoms with Crippen LogP contribution in [0.5, 0.6) is 23.0 Å². The maximum absolute atomic E-state index is 13.0. The van der Waals surface area contributed by atoms with Crippen molar-refractivity contribution in [2.75, 3.05) is 21.3 Å². The highest BCUT2D eigenvalue weighted by Gasteiger charge is 2.28. The van der Waals surface area contributed by atoms with Crippen LogP contribution < -0.4 is 35.9 Å². The van der Waals surface area contributed by atoms with Gasteiger partial charge in [-0.3, -0.25) is 0 Å². The summed E-state index contributed by atoms with van der Waals surface area (Å²) in [4.78, 5) is 13.0. The number of hydrogen-bond donors (Lipinski definition) is 0. The van der Waals surface area contributed by atoms with Crippen molar-refractivity contribution >= 4 is 16.7 Å². The molecule has 0 N–H and O–H groups in total. The first-order chi connectivity index (χ1) is 16.5. The number of nitrogens with zero attached hydrogens (tertiary/aromatic N) is 1. The van der Waals surface area contributed by atoms with E-state index in [4.69, 9.17) is 18.9 Å². The number of aromatic nitrogens is 1. The first-order valence-corrected chi connectivity index (χ1v) is 11.1. The van der Waals surface area contributed by atoms with Gasteiger partial charge in [0.25, 0.3) is 0 Å². The van der Waals surface area contributed by atoms with E-state index in [1.165, 1.54) is 5.56 Å². The maximum atomic E-state index is 13.0. The molecule has 6 nitrogen and oxygen atoms in total. The highest BCUT2D eigenvalue weighted by atomic mass is 35.5. The monoisotopic (exact) mass is 491 g/mol. The number of carbonyl (C=O) groups is 1. The van der Waals surface area contributed by atoms with E-state index in [0.29, 0.717) is 22.8 Å². The van der Waals surface area contributed by atoms with Crippen LogP contribution in [0.4, 0.5) is 0 Å². The third kappa shape index (κ3) is 4.26. The second-order valence-electron chi connectivity index (χ2n) is 8.27. The van der Waals surface area contributed by atoms with Crippen molar-refractivity contribution < 1.29 is 40.7 Å². The molecule has 5 rings (SSSR count). The minimum Gasteiger partial charge on any atom is -1.00 e. The Labute approximate surface area is 210 Å². The molecule has 1 aliphatic rings. The fraction of sp³-hybridized carbons (Fsp3) is 0.214. The third-order valence-corrected chi connectivity index (χ3v) is 6.37. The summed E-state index contributed by atoms with van der Waals surface area (Å²) in [6.07, 6.45) is 2.88. The SMILES string of the molecule is COc1cc2c(cc1OC)-c1cc3ccc(OC)c(OC(=O)c4ccccc4C)c3c[n+]1CC2.[Cl-]. The minimum atomic E-state index is -0.409. The topological polar surface area (TPSA) is 57.9 Å². The number of carbonyl (C=O) groups excluding carboxylic acids is 1. The zero-order chi connectivity index (χ0) is 23.8. The van der Waals surface area contributed by atoms with Crippen molar-refractivity contribution in [2.24, 2.45) is 0 Å². The molecule has 0 saturated heterocycles. The van der Waals surface area contributed by atoms with Crippen LogP contribution in [0.15, 0.2) is 60.8 Å². The van der Waals surface area contributed by atoms with Crippen LogP contribution in [0.25, 0.3) is 22.0 Å². The zero-order valence-corrected chi connectivity index (χ0v) is 20.8. The summed E-state index contributed by atoms with van der Waals surface area (Å²) in [5, 5.41) is 1.76. The number of halogens is 1. The van der Waals surface area contributed by atoms with E-state index < -0.39 is 5.97 Å². The molecule has 1 aliphatic heterocycles. The first-order valence-electron chi connectivity index (χ1n) is 11.1. The molecule has 1 aromatic heterocycles. The van der Waals surface area contributed by atoms with Gasteiger partial charge in [0.05, 0.1) is 37.8 Å². The standard InChI is InChI=1S/C28H26NO5.ClH/c1-17-7-5-6-8-20(17)28(30)34-27-22-16-29-12-11-19-14-25(32-3)26(33-4)15-21(19)23(29)13-18(22)9-10-24(27)31-2;/h5-10,13-16H,11-12H2,1-4H3;1H/q+1;/p-1. The molecule has 0 aliphatic carbocycles. The van der Waals surface area contributed by atoms with E-state index in [0.717, 1.165) is 46.3 Å². The molecule has 0 saturated carbocycles. The van der Waals surface area contributed by atoms with E-state index in [9.17, 15) is 4.79 Å². The highest BCUT2D eigenvalue weighted by molar-refractivity contribution is 5.98. The van der Waals surface area contributed by atoms with Crippen LogP contribution in [-0.2, 0) is 13.0 Å². The molecule has 0 unspecified atom stereocenters. The summed E-state index contributed by atoms with van der Waals surface area (Å²) < 4.78 is 24.7. The van der Waals surface area contributed by atoms with E-state index in [1.54, 1.807) is 27.4 Å². The van der Waals surface area contributed by atoms with Gasteiger partial charge in [-0.2, -0.15) is 4.57 Å². The summed E-state index contributed by atoms with van der Waals surface area (Å²) in [5.74, 6) is 1.94. The maximum Gasteiger partial charge on any atom is 0.343 e. The number of methoxy groups -OCH3 is 3. The average molecular weight is 492 g/mol. The molecular weight excluding hydrogens is 466 g/mol. The fourth-order valence-electron chi connectivity index (χ4n) is 4.55. The number of aryl methyl sites for hydroxylation is 3. The Morgan fingerprint density at radius 2 is 1.60 bits per heavy atom. The second-order valence-corrected chi connectivity index (χ2v) is 8.27. The number of benzene rings is 3. The lowest BCUT2D eigenvalue weighted by molar-refractivity contribution is -0.686. The Balaban J connectivity index is 0.00000289. The molecule has 0 amide bonds. The summed E-state index contributed by atoms with van der Waals surface area (Å²) in [6, 6.07) is 17.4. The van der Waals surface area contributed by atoms with E-state index in [1.807, 2.05) is 55.6 Å². The van der Waals surface area contributed by atoms with E-state index in [-0.39, 0.29) is 12.4 Å². The van der Waals surface area contributed by atoms with Crippen molar-refractivity contribution in [1.29, 1.82) is 0 Å². The zero-order valence-electron chi connectivity index (χ0n) is 20.1. The van der Waals surface area contributed by atoms with Crippen LogP contribution in [0, 0.1) is 6.92 Å². The largest absolute Gasteiger partial charge is 1.00 e. The molecule has 0 radical (unpaired) electrons. The predicted octanol–water partition coefficient (Wildman–Crippen LogP) is 1.91. The number of ether oxygens (including phenoxy) is 4. The van der Waals surface area contributed by atoms with Crippen LogP contribution >= 0.6 is 0 Å². The van der Waals surface area contributed by atoms with Crippen LogP contribution in [0.3, 0.4) is 0 Å². The smallest absolute Gasteiger partial charge is 0.343 e. The predicted molar refractivity (Wildman–Crippen MR) is 129 cm³/mol. The van der Waals surface area contributed by atoms with Gasteiger partial charge in [0.15, 0.2) is 35.7 Å². The first kappa shape index (κ1) is 24.4. The highest BCUT2D eigenvalue weighted by Crippen LogP contribution is 2.40. The van der Waals surface area contributed by atoms with Crippen molar-refractivity contribution in [2.45, 2.75) is 19.9 Å². The second kappa shape index (κ2) is 9.84. The van der Waals surface area contributed by atoms with E-state index in [2.05, 4.69) is 10.6 Å². The molecule has 4 aromatic rings. The molecule has 0 spiro atoms. The summed E-state index contributed by atoms with van der Waals surface area (Å²) >= 11 is 0. The average Bonchev–Trinajstić information content (AvgIpc) is 2.87. The van der Waals surface area contributed by atoms with Gasteiger partial charge in [-0.25, -0.2) is 4.79 Å². The molecule has 2 heterocycles. The number of pyridine rings is 1. The third-order valence-electron chi connectivity index (χ3n) is 6.37. The molecule has 3 aromatic carbocycles. The van der Waals surface area contributed by atoms with Gasteiger partial charge in [-0.1, -0.05) is 18.2 Å². The number of rotatable bonds is 5. The number of fused-ring (bicyclic) bond motifs is 4. The quantitative estimate of drug-likeness (QED) is 0.242. The molecule has 0 atom stereocenters. The van der Waals surface area contributed by atoms with Gasteiger partial charge in [0.1, 0.15) is 0 Å². The van der Waals surface area contributed by atoms with E-state index >= 15 is 0 Å². The van der Waals surface area contributed by atoms with Crippen LogP contribution in [0.2, 0.25) is 0 Å². The molecular formula is C28H26ClNO5. The Morgan fingerprint density at radius 3 is 2.31 bits per heavy atom. The van der Waals surface area contributed by atoms with Gasteiger partial charge in [0.2, 0.25) is 5.69 Å².